The zero-order valence-corrected chi connectivity index (χ0v) is 34.3. The molecule has 4 saturated carbocycles. The van der Waals surface area contributed by atoms with Crippen LogP contribution in [0.15, 0.2) is 0 Å². The van der Waals surface area contributed by atoms with Crippen molar-refractivity contribution in [3.63, 3.8) is 0 Å². The quantitative estimate of drug-likeness (QED) is 0.124. The van der Waals surface area contributed by atoms with Gasteiger partial charge in [0.15, 0.2) is 0 Å². The molecule has 0 spiro atoms. The monoisotopic (exact) mass is 810 g/mol. The molecule has 1 saturated heterocycles. The van der Waals surface area contributed by atoms with E-state index in [1.54, 1.807) is 14.7 Å². The Morgan fingerprint density at radius 1 is 0.702 bits per heavy atom. The van der Waals surface area contributed by atoms with Crippen LogP contribution in [-0.2, 0) is 23.9 Å². The van der Waals surface area contributed by atoms with Crippen LogP contribution < -0.4 is 0 Å². The number of hydrogen-bond acceptors (Lipinski definition) is 12. The van der Waals surface area contributed by atoms with Crippen molar-refractivity contribution >= 4 is 23.9 Å². The Hall–Kier alpha value is -2.44. The number of β-amino-alcohol motifs (C(OH)–C–C–N with tert-alkyl or cyclic N) is 1. The van der Waals surface area contributed by atoms with Crippen LogP contribution in [-0.4, -0.2) is 189 Å². The lowest BCUT2D eigenvalue weighted by atomic mass is 9.43. The third-order valence-corrected chi connectivity index (χ3v) is 15.3. The van der Waals surface area contributed by atoms with Crippen LogP contribution in [0.4, 0.5) is 0 Å². The number of fused-ring (bicyclic) bond motifs is 5. The van der Waals surface area contributed by atoms with Crippen molar-refractivity contribution in [3.05, 3.63) is 0 Å². The SMILES string of the molecule is C[C@H](CCC(=O)O)[C@H]1CC[C@H]2[C@@H]3[C@H](O)C[C@@H]4CC(OCC(O)CN5CCN(CC(=O)O)CCN(CC(=O)O)CCN(CC(=O)O)CC5)CC[C@]4(C)[C@H]3C[C@H](O)[C@]12C. The average molecular weight is 811 g/mol. The predicted octanol–water partition coefficient (Wildman–Crippen LogP) is 1.31. The molecule has 2 unspecified atom stereocenters. The van der Waals surface area contributed by atoms with Gasteiger partial charge in [0.25, 0.3) is 0 Å². The van der Waals surface area contributed by atoms with Crippen molar-refractivity contribution in [1.82, 2.24) is 19.6 Å². The van der Waals surface area contributed by atoms with E-state index in [-0.39, 0.29) is 91.6 Å². The van der Waals surface area contributed by atoms with Crippen molar-refractivity contribution in [1.29, 1.82) is 0 Å². The van der Waals surface area contributed by atoms with Gasteiger partial charge in [0.2, 0.25) is 0 Å². The second kappa shape index (κ2) is 19.7. The van der Waals surface area contributed by atoms with Gasteiger partial charge in [-0.2, -0.15) is 0 Å². The first-order chi connectivity index (χ1) is 26.9. The molecule has 0 radical (unpaired) electrons. The lowest BCUT2D eigenvalue weighted by Gasteiger charge is -2.63. The van der Waals surface area contributed by atoms with Gasteiger partial charge in [0.05, 0.1) is 50.7 Å². The van der Waals surface area contributed by atoms with Crippen molar-refractivity contribution in [2.24, 2.45) is 46.3 Å². The molecule has 12 atom stereocenters. The number of carboxylic acid groups (broad SMARTS) is 4. The summed E-state index contributed by atoms with van der Waals surface area (Å²) in [5.41, 5.74) is -0.416. The van der Waals surface area contributed by atoms with Crippen molar-refractivity contribution in [3.8, 4) is 0 Å². The summed E-state index contributed by atoms with van der Waals surface area (Å²) in [6.45, 7) is 9.19. The molecule has 0 aromatic heterocycles. The molecule has 0 bridgehead atoms. The zero-order valence-electron chi connectivity index (χ0n) is 34.3. The molecule has 326 valence electrons. The van der Waals surface area contributed by atoms with Gasteiger partial charge in [-0.3, -0.25) is 38.8 Å². The van der Waals surface area contributed by atoms with Crippen LogP contribution in [0.25, 0.3) is 0 Å². The number of aliphatic hydroxyl groups is 3. The minimum Gasteiger partial charge on any atom is -0.481 e. The fourth-order valence-electron chi connectivity index (χ4n) is 12.2. The second-order valence-corrected chi connectivity index (χ2v) is 18.7. The minimum absolute atomic E-state index is 0.0641. The molecule has 0 aromatic carbocycles. The van der Waals surface area contributed by atoms with E-state index in [1.807, 2.05) is 4.90 Å². The van der Waals surface area contributed by atoms with Crippen LogP contribution in [0, 0.1) is 46.3 Å². The molecular formula is C41H70N4O12. The van der Waals surface area contributed by atoms with E-state index in [0.29, 0.717) is 71.6 Å². The second-order valence-electron chi connectivity index (χ2n) is 18.7. The normalized spacial score (nSPS) is 37.4. The molecule has 5 rings (SSSR count). The Balaban J connectivity index is 1.18. The molecule has 16 nitrogen and oxygen atoms in total. The van der Waals surface area contributed by atoms with Crippen LogP contribution in [0.5, 0.6) is 0 Å². The van der Waals surface area contributed by atoms with E-state index in [9.17, 15) is 54.9 Å². The van der Waals surface area contributed by atoms with E-state index >= 15 is 0 Å². The zero-order chi connectivity index (χ0) is 41.7. The first-order valence-electron chi connectivity index (χ1n) is 21.3. The van der Waals surface area contributed by atoms with Crippen LogP contribution in [0.2, 0.25) is 0 Å². The molecule has 5 aliphatic rings. The fourth-order valence-corrected chi connectivity index (χ4v) is 12.2. The van der Waals surface area contributed by atoms with Gasteiger partial charge >= 0.3 is 23.9 Å². The third kappa shape index (κ3) is 11.2. The van der Waals surface area contributed by atoms with E-state index < -0.39 is 42.2 Å². The Bertz CT molecular complexity index is 1360. The maximum absolute atomic E-state index is 11.9. The van der Waals surface area contributed by atoms with Crippen LogP contribution in [0.3, 0.4) is 0 Å². The first-order valence-corrected chi connectivity index (χ1v) is 21.3. The smallest absolute Gasteiger partial charge is 0.317 e. The lowest BCUT2D eigenvalue weighted by molar-refractivity contribution is -0.210. The number of ether oxygens (including phenoxy) is 1. The third-order valence-electron chi connectivity index (χ3n) is 15.3. The van der Waals surface area contributed by atoms with Gasteiger partial charge in [0, 0.05) is 65.3 Å². The molecule has 57 heavy (non-hydrogen) atoms. The fraction of sp³-hybridized carbons (Fsp3) is 0.902. The Kier molecular flexibility index (Phi) is 15.8. The highest BCUT2D eigenvalue weighted by Gasteiger charge is 2.65. The van der Waals surface area contributed by atoms with Gasteiger partial charge in [-0.15, -0.1) is 0 Å². The van der Waals surface area contributed by atoms with Gasteiger partial charge < -0.3 is 40.5 Å². The molecule has 0 aromatic rings. The largest absolute Gasteiger partial charge is 0.481 e. The number of carbonyl (C=O) groups is 4. The van der Waals surface area contributed by atoms with Gasteiger partial charge in [-0.25, -0.2) is 0 Å². The summed E-state index contributed by atoms with van der Waals surface area (Å²) in [6, 6.07) is 0. The molecule has 4 aliphatic carbocycles. The maximum atomic E-state index is 11.9. The molecular weight excluding hydrogens is 740 g/mol. The average Bonchev–Trinajstić information content (AvgIpc) is 3.49. The Morgan fingerprint density at radius 2 is 1.23 bits per heavy atom. The van der Waals surface area contributed by atoms with Crippen LogP contribution >= 0.6 is 0 Å². The highest BCUT2D eigenvalue weighted by atomic mass is 16.5. The summed E-state index contributed by atoms with van der Waals surface area (Å²) in [6.07, 6.45) is 4.43. The topological polar surface area (TPSA) is 232 Å². The summed E-state index contributed by atoms with van der Waals surface area (Å²) in [7, 11) is 0. The first kappa shape index (κ1) is 45.6. The van der Waals surface area contributed by atoms with Gasteiger partial charge in [-0.1, -0.05) is 20.8 Å². The summed E-state index contributed by atoms with van der Waals surface area (Å²) >= 11 is 0. The number of nitrogens with zero attached hydrogens (tertiary/aromatic N) is 4. The maximum Gasteiger partial charge on any atom is 0.317 e. The summed E-state index contributed by atoms with van der Waals surface area (Å²) in [4.78, 5) is 53.3. The number of carboxylic acids is 4. The van der Waals surface area contributed by atoms with Crippen molar-refractivity contribution < 1.29 is 59.7 Å². The van der Waals surface area contributed by atoms with E-state index in [2.05, 4.69) is 20.8 Å². The minimum atomic E-state index is -1.01. The number of aliphatic carboxylic acids is 4. The summed E-state index contributed by atoms with van der Waals surface area (Å²) < 4.78 is 6.39. The number of rotatable bonds is 15. The Morgan fingerprint density at radius 3 is 1.74 bits per heavy atom. The predicted molar refractivity (Wildman–Crippen MR) is 208 cm³/mol. The molecule has 5 fully saturated rings. The van der Waals surface area contributed by atoms with Gasteiger partial charge in [-0.05, 0) is 97.7 Å². The van der Waals surface area contributed by atoms with E-state index in [0.717, 1.165) is 32.1 Å². The van der Waals surface area contributed by atoms with E-state index in [1.165, 1.54) is 0 Å². The standard InChI is InChI=1S/C41H70N4O12/c1-26(4-7-35(49)50)30-5-6-31-39-32(20-34(48)41(30,31)3)40(2)9-8-29(18-27(40)19-33(39)47)57-25-28(46)21-42-10-12-43(22-36(51)52)14-16-45(24-38(55)56)17-15-44(13-11-42)23-37(53)54/h26-34,39,46-48H,4-25H2,1-3H3,(H,49,50)(H,51,52)(H,53,54)(H,55,56)/t26-,27+,28?,29?,30-,31+,32+,33-,34+,39+,40+,41-/m1/s1. The molecule has 1 heterocycles. The number of hydrogen-bond donors (Lipinski definition) is 7. The Labute approximate surface area is 337 Å². The number of aliphatic hydroxyl groups excluding tert-OH is 3. The van der Waals surface area contributed by atoms with Crippen molar-refractivity contribution in [2.45, 2.75) is 103 Å². The molecule has 16 heteroatoms. The highest BCUT2D eigenvalue weighted by Crippen LogP contribution is 2.68. The molecule has 7 N–H and O–H groups in total. The lowest BCUT2D eigenvalue weighted by Crippen LogP contribution is -2.62. The van der Waals surface area contributed by atoms with Gasteiger partial charge in [0.1, 0.15) is 0 Å². The van der Waals surface area contributed by atoms with Crippen molar-refractivity contribution in [2.75, 3.05) is 85.1 Å². The van der Waals surface area contributed by atoms with Crippen LogP contribution in [0.1, 0.15) is 78.6 Å². The highest BCUT2D eigenvalue weighted by molar-refractivity contribution is 5.70. The summed E-state index contributed by atoms with van der Waals surface area (Å²) in [5.74, 6) is -2.73. The summed E-state index contributed by atoms with van der Waals surface area (Å²) in [5, 5.41) is 72.8. The molecule has 0 amide bonds. The van der Waals surface area contributed by atoms with E-state index in [4.69, 9.17) is 4.74 Å². The molecule has 1 aliphatic heterocycles.